The summed E-state index contributed by atoms with van der Waals surface area (Å²) in [4.78, 5) is 34.4. The summed E-state index contributed by atoms with van der Waals surface area (Å²) in [6.45, 7) is 11.1. The van der Waals surface area contributed by atoms with E-state index in [1.54, 1.807) is 18.2 Å². The number of imidazole rings is 1. The predicted octanol–water partition coefficient (Wildman–Crippen LogP) is 6.74. The molecule has 10 nitrogen and oxygen atoms in total. The van der Waals surface area contributed by atoms with E-state index in [4.69, 9.17) is 4.74 Å². The summed E-state index contributed by atoms with van der Waals surface area (Å²) in [5.74, 6) is 1.60. The molecular weight excluding hydrogens is 742 g/mol. The first kappa shape index (κ1) is 41.1. The second-order valence-corrected chi connectivity index (χ2v) is 19.3. The van der Waals surface area contributed by atoms with E-state index in [0.717, 1.165) is 88.3 Å². The molecule has 3 heterocycles. The molecule has 4 fully saturated rings. The number of hydrogen-bond donors (Lipinski definition) is 1. The number of piperidine rings is 1. The first-order valence-electron chi connectivity index (χ1n) is 21.1. The minimum atomic E-state index is -3.45. The minimum Gasteiger partial charge on any atom is -0.469 e. The van der Waals surface area contributed by atoms with Crippen LogP contribution in [0.1, 0.15) is 82.5 Å². The highest BCUT2D eigenvalue weighted by Crippen LogP contribution is 2.54. The van der Waals surface area contributed by atoms with Crippen LogP contribution in [0.3, 0.4) is 0 Å². The third kappa shape index (κ3) is 8.87. The van der Waals surface area contributed by atoms with Gasteiger partial charge in [-0.05, 0) is 130 Å². The number of halogens is 1. The monoisotopic (exact) mass is 801 g/mol. The van der Waals surface area contributed by atoms with E-state index in [0.29, 0.717) is 55.4 Å². The van der Waals surface area contributed by atoms with Crippen molar-refractivity contribution in [2.75, 3.05) is 44.7 Å². The highest BCUT2D eigenvalue weighted by atomic mass is 32.2. The number of rotatable bonds is 15. The van der Waals surface area contributed by atoms with E-state index in [2.05, 4.69) is 50.4 Å². The molecule has 0 unspecified atom stereocenters. The molecule has 2 saturated heterocycles. The summed E-state index contributed by atoms with van der Waals surface area (Å²) < 4.78 is 49.6. The van der Waals surface area contributed by atoms with Crippen molar-refractivity contribution >= 4 is 27.4 Å². The molecule has 308 valence electrons. The Morgan fingerprint density at radius 1 is 1.02 bits per heavy atom. The number of aromatic nitrogens is 2. The van der Waals surface area contributed by atoms with Crippen LogP contribution in [0.4, 0.5) is 10.1 Å². The maximum Gasteiger partial charge on any atom is 0.305 e. The van der Waals surface area contributed by atoms with Crippen LogP contribution in [0.2, 0.25) is 0 Å². The fraction of sp³-hybridized carbons (Fsp3) is 0.578. The number of amides is 1. The topological polar surface area (TPSA) is 114 Å². The van der Waals surface area contributed by atoms with Crippen LogP contribution in [-0.2, 0) is 42.5 Å². The summed E-state index contributed by atoms with van der Waals surface area (Å²) in [6, 6.07) is 14.7. The van der Waals surface area contributed by atoms with E-state index in [1.165, 1.54) is 19.3 Å². The zero-order valence-electron chi connectivity index (χ0n) is 33.7. The number of esters is 1. The molecule has 4 aliphatic rings. The van der Waals surface area contributed by atoms with Gasteiger partial charge in [-0.1, -0.05) is 32.1 Å². The van der Waals surface area contributed by atoms with Gasteiger partial charge in [-0.3, -0.25) is 9.59 Å². The van der Waals surface area contributed by atoms with Crippen molar-refractivity contribution in [2.45, 2.75) is 106 Å². The van der Waals surface area contributed by atoms with Crippen LogP contribution >= 0.6 is 0 Å². The molecule has 1 N–H and O–H groups in total. The normalized spacial score (nSPS) is 24.7. The molecule has 0 radical (unpaired) electrons. The third-order valence-electron chi connectivity index (χ3n) is 13.9. The Balaban J connectivity index is 0.995. The van der Waals surface area contributed by atoms with E-state index < -0.39 is 15.1 Å². The number of benzene rings is 2. The lowest BCUT2D eigenvalue weighted by atomic mass is 9.57. The first-order chi connectivity index (χ1) is 27.5. The Bertz CT molecular complexity index is 1960. The van der Waals surface area contributed by atoms with Crippen molar-refractivity contribution in [3.8, 4) is 0 Å². The second kappa shape index (κ2) is 17.9. The van der Waals surface area contributed by atoms with Gasteiger partial charge in [-0.2, -0.15) is 0 Å². The molecule has 0 spiro atoms. The van der Waals surface area contributed by atoms with Crippen LogP contribution in [0.5, 0.6) is 0 Å². The number of nitrogens with one attached hydrogen (secondary N) is 1. The maximum atomic E-state index is 15.2. The minimum absolute atomic E-state index is 0.00484. The molecule has 2 saturated carbocycles. The lowest BCUT2D eigenvalue weighted by Crippen LogP contribution is -2.55. The maximum absolute atomic E-state index is 15.2. The largest absolute Gasteiger partial charge is 0.469 e. The summed E-state index contributed by atoms with van der Waals surface area (Å²) in [6.07, 6.45) is 13.7. The number of likely N-dealkylation sites (tertiary alicyclic amines) is 1. The quantitative estimate of drug-likeness (QED) is 0.133. The van der Waals surface area contributed by atoms with Gasteiger partial charge in [0.2, 0.25) is 5.91 Å². The molecule has 1 amide bonds. The number of ether oxygens (including phenoxy) is 1. The van der Waals surface area contributed by atoms with Gasteiger partial charge in [0.15, 0.2) is 9.84 Å². The number of aryl methyl sites for hydroxylation is 1. The average molecular weight is 802 g/mol. The Morgan fingerprint density at radius 2 is 1.75 bits per heavy atom. The van der Waals surface area contributed by atoms with Gasteiger partial charge >= 0.3 is 5.97 Å². The van der Waals surface area contributed by atoms with Crippen LogP contribution in [0, 0.1) is 29.5 Å². The number of sulfone groups is 1. The molecule has 0 bridgehead atoms. The number of carbonyl (C=O) groups is 2. The van der Waals surface area contributed by atoms with Gasteiger partial charge in [-0.15, -0.1) is 0 Å². The number of nitrogens with zero attached hydrogens (tertiary/aromatic N) is 4. The lowest BCUT2D eigenvalue weighted by molar-refractivity contribution is -0.142. The van der Waals surface area contributed by atoms with Crippen molar-refractivity contribution in [3.63, 3.8) is 0 Å². The summed E-state index contributed by atoms with van der Waals surface area (Å²) in [5.41, 5.74) is 1.71. The van der Waals surface area contributed by atoms with Crippen LogP contribution in [0.25, 0.3) is 0 Å². The first-order valence-corrected chi connectivity index (χ1v) is 22.7. The highest BCUT2D eigenvalue weighted by Gasteiger charge is 2.52. The standard InChI is InChI=1S/C45H60FN5O5S/c1-4-42-47-22-25-50(42)31-45(35-9-7-10-36(46)27-35,41-11-6-8-33(41)26-44(53)56-3)34-20-23-49(24-21-34)28-32-29-51(30-32)38-14-18-40(19-15-38)57(54,55)39-16-12-37(13-17-39)48-43(52)5-2/h5,7,9-10,14-15,18-19,22,25,27,32-34,37,39,41H,2,4,6,8,11-13,16-17,20-21,23-24,26,28-31H2,1,3H3,(H,48,52)/t33-,37?,39?,41+,45+/m1/s1. The smallest absolute Gasteiger partial charge is 0.305 e. The molecule has 7 rings (SSSR count). The van der Waals surface area contributed by atoms with E-state index in [-0.39, 0.29) is 41.0 Å². The number of anilines is 1. The predicted molar refractivity (Wildman–Crippen MR) is 220 cm³/mol. The van der Waals surface area contributed by atoms with E-state index >= 15 is 4.39 Å². The van der Waals surface area contributed by atoms with Gasteiger partial charge in [0.1, 0.15) is 11.6 Å². The molecule has 3 atom stereocenters. The Hall–Kier alpha value is -4.03. The SMILES string of the molecule is C=CC(=O)NC1CCC(S(=O)(=O)c2ccc(N3CC(CN4CCC([C@@](Cn5ccnc5CC)(c5cccc(F)c5)[C@H]5CCC[C@@H]5CC(=O)OC)CC4)C3)cc2)CC1. The summed E-state index contributed by atoms with van der Waals surface area (Å²) in [5, 5.41) is 2.47. The summed E-state index contributed by atoms with van der Waals surface area (Å²) >= 11 is 0. The molecule has 2 aromatic carbocycles. The Morgan fingerprint density at radius 3 is 2.42 bits per heavy atom. The third-order valence-corrected chi connectivity index (χ3v) is 16.1. The zero-order valence-corrected chi connectivity index (χ0v) is 34.5. The van der Waals surface area contributed by atoms with Crippen molar-refractivity contribution in [1.82, 2.24) is 19.8 Å². The van der Waals surface area contributed by atoms with Crippen LogP contribution in [-0.4, -0.2) is 85.9 Å². The van der Waals surface area contributed by atoms with Crippen molar-refractivity contribution in [2.24, 2.45) is 23.7 Å². The van der Waals surface area contributed by atoms with E-state index in [1.807, 2.05) is 24.4 Å². The number of carbonyl (C=O) groups excluding carboxylic acids is 2. The number of methoxy groups -OCH3 is 1. The molecule has 57 heavy (non-hydrogen) atoms. The van der Waals surface area contributed by atoms with Gasteiger partial charge in [0.05, 0.1) is 17.3 Å². The molecule has 12 heteroatoms. The van der Waals surface area contributed by atoms with E-state index in [9.17, 15) is 18.0 Å². The molecule has 2 aliphatic carbocycles. The van der Waals surface area contributed by atoms with Gasteiger partial charge in [0, 0.05) is 74.5 Å². The van der Waals surface area contributed by atoms with Gasteiger partial charge < -0.3 is 24.4 Å². The lowest BCUT2D eigenvalue weighted by Gasteiger charge is -2.51. The fourth-order valence-corrected chi connectivity index (χ4v) is 12.7. The molecular formula is C45H60FN5O5S. The average Bonchev–Trinajstić information content (AvgIpc) is 3.88. The van der Waals surface area contributed by atoms with Crippen LogP contribution in [0.15, 0.2) is 78.5 Å². The highest BCUT2D eigenvalue weighted by molar-refractivity contribution is 7.92. The number of hydrogen-bond acceptors (Lipinski definition) is 8. The molecule has 1 aromatic heterocycles. The Labute approximate surface area is 338 Å². The molecule has 2 aliphatic heterocycles. The zero-order chi connectivity index (χ0) is 40.2. The van der Waals surface area contributed by atoms with Gasteiger partial charge in [-0.25, -0.2) is 17.8 Å². The van der Waals surface area contributed by atoms with Gasteiger partial charge in [0.25, 0.3) is 0 Å². The van der Waals surface area contributed by atoms with Crippen molar-refractivity contribution < 1.29 is 27.1 Å². The summed E-state index contributed by atoms with van der Waals surface area (Å²) in [7, 11) is -1.98. The molecule has 3 aromatic rings. The van der Waals surface area contributed by atoms with Crippen LogP contribution < -0.4 is 10.2 Å². The fourth-order valence-electron chi connectivity index (χ4n) is 10.9. The second-order valence-electron chi connectivity index (χ2n) is 17.0. The Kier molecular flexibility index (Phi) is 12.9. The van der Waals surface area contributed by atoms with Crippen molar-refractivity contribution in [3.05, 3.63) is 90.8 Å². The van der Waals surface area contributed by atoms with Crippen molar-refractivity contribution in [1.29, 1.82) is 0 Å².